The van der Waals surface area contributed by atoms with Crippen molar-refractivity contribution in [2.24, 2.45) is 0 Å². The topological polar surface area (TPSA) is 69.1 Å². The number of benzene rings is 1. The number of anilines is 1. The summed E-state index contributed by atoms with van der Waals surface area (Å²) in [5.74, 6) is 0.108. The number of rotatable bonds is 1. The van der Waals surface area contributed by atoms with Crippen LogP contribution in [0.25, 0.3) is 16.9 Å². The predicted molar refractivity (Wildman–Crippen MR) is 65.6 cm³/mol. The van der Waals surface area contributed by atoms with Crippen molar-refractivity contribution in [1.29, 1.82) is 0 Å². The largest absolute Gasteiger partial charge is 0.416 e. The van der Waals surface area contributed by atoms with Crippen molar-refractivity contribution in [3.63, 3.8) is 0 Å². The van der Waals surface area contributed by atoms with Gasteiger partial charge in [-0.2, -0.15) is 18.2 Å². The van der Waals surface area contributed by atoms with E-state index in [1.165, 1.54) is 22.8 Å². The Balaban J connectivity index is 2.02. The van der Waals surface area contributed by atoms with Gasteiger partial charge in [0.05, 0.1) is 23.7 Å². The summed E-state index contributed by atoms with van der Waals surface area (Å²) in [6, 6.07) is 4.74. The molecule has 102 valence electrons. The average molecular weight is 279 g/mol. The SMILES string of the molecule is Nc1nc2cnc(-c3ccc(C(F)(F)F)cc3)cn2n1. The lowest BCUT2D eigenvalue weighted by molar-refractivity contribution is -0.137. The third-order valence-electron chi connectivity index (χ3n) is 2.75. The molecule has 8 heteroatoms. The lowest BCUT2D eigenvalue weighted by Crippen LogP contribution is -2.04. The van der Waals surface area contributed by atoms with Gasteiger partial charge < -0.3 is 5.73 Å². The van der Waals surface area contributed by atoms with Crippen LogP contribution in [0.2, 0.25) is 0 Å². The third-order valence-corrected chi connectivity index (χ3v) is 2.75. The van der Waals surface area contributed by atoms with Gasteiger partial charge >= 0.3 is 6.18 Å². The second kappa shape index (κ2) is 4.19. The quantitative estimate of drug-likeness (QED) is 0.742. The zero-order valence-electron chi connectivity index (χ0n) is 9.96. The van der Waals surface area contributed by atoms with E-state index in [1.54, 1.807) is 6.20 Å². The van der Waals surface area contributed by atoms with Gasteiger partial charge in [0.15, 0.2) is 5.65 Å². The van der Waals surface area contributed by atoms with Gasteiger partial charge in [-0.05, 0) is 12.1 Å². The number of nitrogens with two attached hydrogens (primary N) is 1. The lowest BCUT2D eigenvalue weighted by atomic mass is 10.1. The molecule has 20 heavy (non-hydrogen) atoms. The average Bonchev–Trinajstić information content (AvgIpc) is 2.77. The first-order chi connectivity index (χ1) is 9.43. The molecule has 0 aliphatic carbocycles. The second-order valence-electron chi connectivity index (χ2n) is 4.12. The van der Waals surface area contributed by atoms with Crippen LogP contribution < -0.4 is 5.73 Å². The highest BCUT2D eigenvalue weighted by atomic mass is 19.4. The van der Waals surface area contributed by atoms with E-state index < -0.39 is 11.7 Å². The van der Waals surface area contributed by atoms with Gasteiger partial charge in [-0.25, -0.2) is 4.52 Å². The Morgan fingerprint density at radius 3 is 2.45 bits per heavy atom. The van der Waals surface area contributed by atoms with E-state index in [0.717, 1.165) is 12.1 Å². The molecular formula is C12H8F3N5. The number of halogens is 3. The molecule has 2 aromatic heterocycles. The van der Waals surface area contributed by atoms with Gasteiger partial charge in [-0.15, -0.1) is 5.10 Å². The summed E-state index contributed by atoms with van der Waals surface area (Å²) in [6.07, 6.45) is -1.34. The number of hydrogen-bond donors (Lipinski definition) is 1. The minimum Gasteiger partial charge on any atom is -0.366 e. The molecule has 1 aromatic carbocycles. The van der Waals surface area contributed by atoms with E-state index in [1.807, 2.05) is 0 Å². The smallest absolute Gasteiger partial charge is 0.366 e. The summed E-state index contributed by atoms with van der Waals surface area (Å²) in [4.78, 5) is 8.03. The highest BCUT2D eigenvalue weighted by Crippen LogP contribution is 2.30. The van der Waals surface area contributed by atoms with E-state index in [0.29, 0.717) is 16.9 Å². The normalized spacial score (nSPS) is 11.9. The summed E-state index contributed by atoms with van der Waals surface area (Å²) in [5.41, 5.74) is 6.25. The van der Waals surface area contributed by atoms with Crippen molar-refractivity contribution in [1.82, 2.24) is 19.6 Å². The van der Waals surface area contributed by atoms with Crippen LogP contribution in [-0.4, -0.2) is 19.6 Å². The van der Waals surface area contributed by atoms with Crippen LogP contribution in [0.1, 0.15) is 5.56 Å². The molecule has 3 aromatic rings. The van der Waals surface area contributed by atoms with Gasteiger partial charge in [-0.3, -0.25) is 4.98 Å². The molecule has 0 amide bonds. The molecule has 0 bridgehead atoms. The molecule has 2 heterocycles. The van der Waals surface area contributed by atoms with E-state index in [4.69, 9.17) is 5.73 Å². The third kappa shape index (κ3) is 2.15. The van der Waals surface area contributed by atoms with Crippen molar-refractivity contribution < 1.29 is 13.2 Å². The fraction of sp³-hybridized carbons (Fsp3) is 0.0833. The van der Waals surface area contributed by atoms with Crippen molar-refractivity contribution in [3.05, 3.63) is 42.2 Å². The molecule has 0 aliphatic heterocycles. The standard InChI is InChI=1S/C12H8F3N5/c13-12(14,15)8-3-1-7(2-4-8)9-6-20-10(5-17-9)18-11(16)19-20/h1-6H,(H2,16,19). The van der Waals surface area contributed by atoms with Crippen LogP contribution in [0.3, 0.4) is 0 Å². The highest BCUT2D eigenvalue weighted by molar-refractivity contribution is 5.60. The maximum atomic E-state index is 12.5. The number of nitrogens with zero attached hydrogens (tertiary/aromatic N) is 4. The maximum Gasteiger partial charge on any atom is 0.416 e. The van der Waals surface area contributed by atoms with E-state index in [9.17, 15) is 13.2 Å². The molecule has 0 spiro atoms. The second-order valence-corrected chi connectivity index (χ2v) is 4.12. The summed E-state index contributed by atoms with van der Waals surface area (Å²) < 4.78 is 38.9. The molecule has 2 N–H and O–H groups in total. The van der Waals surface area contributed by atoms with Crippen molar-refractivity contribution in [2.75, 3.05) is 5.73 Å². The number of fused-ring (bicyclic) bond motifs is 1. The Hall–Kier alpha value is -2.64. The van der Waals surface area contributed by atoms with Crippen LogP contribution in [0.4, 0.5) is 19.1 Å². The number of alkyl halides is 3. The minimum atomic E-state index is -4.35. The summed E-state index contributed by atoms with van der Waals surface area (Å²) in [6.45, 7) is 0. The molecular weight excluding hydrogens is 271 g/mol. The van der Waals surface area contributed by atoms with Crippen LogP contribution in [0.15, 0.2) is 36.7 Å². The van der Waals surface area contributed by atoms with E-state index >= 15 is 0 Å². The monoisotopic (exact) mass is 279 g/mol. The first kappa shape index (κ1) is 12.4. The Labute approximate surface area is 110 Å². The van der Waals surface area contributed by atoms with Crippen LogP contribution >= 0.6 is 0 Å². The molecule has 0 atom stereocenters. The molecule has 0 unspecified atom stereocenters. The fourth-order valence-corrected chi connectivity index (χ4v) is 1.79. The molecule has 0 saturated carbocycles. The number of nitrogen functional groups attached to an aromatic ring is 1. The van der Waals surface area contributed by atoms with Gasteiger partial charge in [0, 0.05) is 5.56 Å². The van der Waals surface area contributed by atoms with Crippen LogP contribution in [0.5, 0.6) is 0 Å². The molecule has 0 radical (unpaired) electrons. The maximum absolute atomic E-state index is 12.5. The number of hydrogen-bond acceptors (Lipinski definition) is 4. The molecule has 0 fully saturated rings. The Morgan fingerprint density at radius 2 is 1.80 bits per heavy atom. The first-order valence-electron chi connectivity index (χ1n) is 5.59. The Morgan fingerprint density at radius 1 is 1.10 bits per heavy atom. The molecule has 3 rings (SSSR count). The van der Waals surface area contributed by atoms with Gasteiger partial charge in [0.25, 0.3) is 0 Å². The number of aromatic nitrogens is 4. The van der Waals surface area contributed by atoms with E-state index in [2.05, 4.69) is 15.1 Å². The van der Waals surface area contributed by atoms with E-state index in [-0.39, 0.29) is 5.95 Å². The molecule has 5 nitrogen and oxygen atoms in total. The van der Waals surface area contributed by atoms with Gasteiger partial charge in [-0.1, -0.05) is 12.1 Å². The van der Waals surface area contributed by atoms with Gasteiger partial charge in [0.1, 0.15) is 0 Å². The minimum absolute atomic E-state index is 0.108. The summed E-state index contributed by atoms with van der Waals surface area (Å²) >= 11 is 0. The lowest BCUT2D eigenvalue weighted by Gasteiger charge is -2.07. The van der Waals surface area contributed by atoms with Crippen LogP contribution in [-0.2, 0) is 6.18 Å². The molecule has 0 saturated heterocycles. The summed E-state index contributed by atoms with van der Waals surface area (Å²) in [7, 11) is 0. The highest BCUT2D eigenvalue weighted by Gasteiger charge is 2.30. The van der Waals surface area contributed by atoms with Crippen molar-refractivity contribution >= 4 is 11.6 Å². The van der Waals surface area contributed by atoms with Crippen molar-refractivity contribution in [3.8, 4) is 11.3 Å². The summed E-state index contributed by atoms with van der Waals surface area (Å²) in [5, 5.41) is 3.92. The van der Waals surface area contributed by atoms with Gasteiger partial charge in [0.2, 0.25) is 5.95 Å². The van der Waals surface area contributed by atoms with Crippen LogP contribution in [0, 0.1) is 0 Å². The molecule has 0 aliphatic rings. The Bertz CT molecular complexity index is 761. The van der Waals surface area contributed by atoms with Crippen molar-refractivity contribution in [2.45, 2.75) is 6.18 Å². The first-order valence-corrected chi connectivity index (χ1v) is 5.59. The zero-order valence-corrected chi connectivity index (χ0v) is 9.96. The zero-order chi connectivity index (χ0) is 14.3. The fourth-order valence-electron chi connectivity index (χ4n) is 1.79. The Kier molecular flexibility index (Phi) is 2.60. The predicted octanol–water partition coefficient (Wildman–Crippen LogP) is 2.39.